The standard InChI is InChI=1S/C38H42N2O12/c1-3-5-7-12-31(43)50-28-11-9-10-25(37(47)48)33(28)35(45)34-27(42)18-23(19-29(34)51-32(44)13-8-6-4-2)38(49)52-30-21-39-20-26(30)40-36(46)22-14-16-24(41)17-15-22/h9-11,14-19,26,30,39,41-42H,3-8,12-13,20-21H2,1-2H3,(H,40,46)(H,47,48)/t26-,30-/m1/s1. The molecule has 2 atom stereocenters. The fourth-order valence-corrected chi connectivity index (χ4v) is 5.56. The number of ether oxygens (including phenoxy) is 3. The van der Waals surface area contributed by atoms with E-state index in [4.69, 9.17) is 14.2 Å². The van der Waals surface area contributed by atoms with E-state index < -0.39 is 75.9 Å². The molecule has 3 aromatic rings. The lowest BCUT2D eigenvalue weighted by molar-refractivity contribution is -0.135. The molecule has 1 aliphatic heterocycles. The first kappa shape index (κ1) is 39.0. The molecule has 5 N–H and O–H groups in total. The lowest BCUT2D eigenvalue weighted by atomic mass is 9.95. The van der Waals surface area contributed by atoms with Gasteiger partial charge >= 0.3 is 23.9 Å². The van der Waals surface area contributed by atoms with Crippen molar-refractivity contribution in [2.75, 3.05) is 13.1 Å². The second kappa shape index (κ2) is 18.5. The third-order valence-corrected chi connectivity index (χ3v) is 8.31. The van der Waals surface area contributed by atoms with Crippen molar-refractivity contribution in [2.24, 2.45) is 0 Å². The number of unbranched alkanes of at least 4 members (excludes halogenated alkanes) is 4. The molecule has 14 nitrogen and oxygen atoms in total. The van der Waals surface area contributed by atoms with Gasteiger partial charge in [-0.25, -0.2) is 9.59 Å². The average Bonchev–Trinajstić information content (AvgIpc) is 3.53. The predicted molar refractivity (Wildman–Crippen MR) is 186 cm³/mol. The Bertz CT molecular complexity index is 1800. The lowest BCUT2D eigenvalue weighted by Crippen LogP contribution is -2.44. The zero-order chi connectivity index (χ0) is 37.8. The van der Waals surface area contributed by atoms with Crippen LogP contribution in [0.15, 0.2) is 54.6 Å². The van der Waals surface area contributed by atoms with Crippen molar-refractivity contribution < 1.29 is 58.3 Å². The van der Waals surface area contributed by atoms with E-state index in [1.54, 1.807) is 0 Å². The summed E-state index contributed by atoms with van der Waals surface area (Å²) in [5.74, 6) is -7.36. The number of rotatable bonds is 17. The van der Waals surface area contributed by atoms with Crippen LogP contribution in [-0.2, 0) is 14.3 Å². The molecule has 0 aromatic heterocycles. The van der Waals surface area contributed by atoms with Crippen molar-refractivity contribution in [2.45, 2.75) is 77.4 Å². The van der Waals surface area contributed by atoms with E-state index in [9.17, 15) is 44.1 Å². The monoisotopic (exact) mass is 718 g/mol. The molecule has 1 fully saturated rings. The largest absolute Gasteiger partial charge is 0.508 e. The fourth-order valence-electron chi connectivity index (χ4n) is 5.56. The summed E-state index contributed by atoms with van der Waals surface area (Å²) in [6, 6.07) is 10.5. The van der Waals surface area contributed by atoms with Gasteiger partial charge in [-0.05, 0) is 61.4 Å². The van der Waals surface area contributed by atoms with E-state index in [0.29, 0.717) is 19.3 Å². The maximum absolute atomic E-state index is 14.2. The predicted octanol–water partition coefficient (Wildman–Crippen LogP) is 4.93. The van der Waals surface area contributed by atoms with Gasteiger partial charge in [0.25, 0.3) is 5.91 Å². The Morgan fingerprint density at radius 2 is 1.40 bits per heavy atom. The van der Waals surface area contributed by atoms with Gasteiger partial charge in [0, 0.05) is 31.5 Å². The van der Waals surface area contributed by atoms with Crippen LogP contribution in [0.2, 0.25) is 0 Å². The van der Waals surface area contributed by atoms with Crippen LogP contribution >= 0.6 is 0 Å². The molecule has 14 heteroatoms. The van der Waals surface area contributed by atoms with Gasteiger partial charge in [0.1, 0.15) is 34.7 Å². The van der Waals surface area contributed by atoms with Gasteiger partial charge in [-0.1, -0.05) is 45.6 Å². The number of carbonyl (C=O) groups is 6. The highest BCUT2D eigenvalue weighted by Crippen LogP contribution is 2.36. The van der Waals surface area contributed by atoms with Crippen LogP contribution in [0.25, 0.3) is 0 Å². The normalized spacial score (nSPS) is 15.0. The number of amides is 1. The van der Waals surface area contributed by atoms with Gasteiger partial charge in [0.2, 0.25) is 5.78 Å². The molecular formula is C38H42N2O12. The Labute approximate surface area is 300 Å². The van der Waals surface area contributed by atoms with Crippen LogP contribution in [0.4, 0.5) is 0 Å². The Kier molecular flexibility index (Phi) is 13.9. The Balaban J connectivity index is 1.67. The topological polar surface area (TPSA) is 215 Å². The number of carboxylic acids is 1. The number of phenols is 2. The smallest absolute Gasteiger partial charge is 0.338 e. The number of hydrogen-bond donors (Lipinski definition) is 5. The summed E-state index contributed by atoms with van der Waals surface area (Å²) in [5, 5.41) is 36.5. The minimum absolute atomic E-state index is 0.0132. The third-order valence-electron chi connectivity index (χ3n) is 8.31. The second-order valence-corrected chi connectivity index (χ2v) is 12.3. The van der Waals surface area contributed by atoms with Crippen LogP contribution in [0.3, 0.4) is 0 Å². The molecule has 1 heterocycles. The van der Waals surface area contributed by atoms with Crippen LogP contribution in [-0.4, -0.2) is 76.1 Å². The number of aromatic hydroxyl groups is 2. The highest BCUT2D eigenvalue weighted by Gasteiger charge is 2.34. The number of esters is 3. The number of benzene rings is 3. The van der Waals surface area contributed by atoms with Gasteiger partial charge in [0.05, 0.1) is 22.7 Å². The number of carbonyl (C=O) groups excluding carboxylic acids is 5. The molecule has 0 aliphatic carbocycles. The zero-order valence-electron chi connectivity index (χ0n) is 28.9. The molecule has 0 unspecified atom stereocenters. The maximum Gasteiger partial charge on any atom is 0.338 e. The quantitative estimate of drug-likeness (QED) is 0.0543. The molecule has 52 heavy (non-hydrogen) atoms. The van der Waals surface area contributed by atoms with Crippen molar-refractivity contribution in [3.05, 3.63) is 82.4 Å². The number of carboxylic acid groups (broad SMARTS) is 1. The lowest BCUT2D eigenvalue weighted by Gasteiger charge is -2.21. The van der Waals surface area contributed by atoms with E-state index in [1.807, 2.05) is 13.8 Å². The molecular weight excluding hydrogens is 676 g/mol. The summed E-state index contributed by atoms with van der Waals surface area (Å²) in [6.07, 6.45) is 3.15. The van der Waals surface area contributed by atoms with Gasteiger partial charge in [0.15, 0.2) is 0 Å². The molecule has 0 saturated carbocycles. The van der Waals surface area contributed by atoms with E-state index in [0.717, 1.165) is 37.5 Å². The molecule has 4 rings (SSSR count). The summed E-state index contributed by atoms with van der Waals surface area (Å²) < 4.78 is 16.6. The first-order chi connectivity index (χ1) is 24.9. The Hall–Kier alpha value is -5.76. The minimum Gasteiger partial charge on any atom is -0.508 e. The van der Waals surface area contributed by atoms with Crippen molar-refractivity contribution in [1.29, 1.82) is 0 Å². The first-order valence-corrected chi connectivity index (χ1v) is 17.1. The first-order valence-electron chi connectivity index (χ1n) is 17.1. The molecule has 1 aliphatic rings. The van der Waals surface area contributed by atoms with Crippen LogP contribution in [0.1, 0.15) is 112 Å². The number of ketones is 1. The van der Waals surface area contributed by atoms with E-state index in [-0.39, 0.29) is 48.6 Å². The van der Waals surface area contributed by atoms with Crippen LogP contribution < -0.4 is 20.1 Å². The second-order valence-electron chi connectivity index (χ2n) is 12.3. The molecule has 0 spiro atoms. The maximum atomic E-state index is 14.2. The number of phenolic OH excluding ortho intramolecular Hbond substituents is 2. The van der Waals surface area contributed by atoms with Crippen LogP contribution in [0, 0.1) is 0 Å². The molecule has 1 amide bonds. The molecule has 1 saturated heterocycles. The number of aromatic carboxylic acids is 1. The highest BCUT2D eigenvalue weighted by atomic mass is 16.6. The summed E-state index contributed by atoms with van der Waals surface area (Å²) in [5.41, 5.74) is -1.80. The summed E-state index contributed by atoms with van der Waals surface area (Å²) >= 11 is 0. The molecule has 0 radical (unpaired) electrons. The van der Waals surface area contributed by atoms with E-state index in [2.05, 4.69) is 10.6 Å². The number of nitrogens with one attached hydrogen (secondary N) is 2. The van der Waals surface area contributed by atoms with Crippen molar-refractivity contribution in [3.63, 3.8) is 0 Å². The molecule has 3 aromatic carbocycles. The fraction of sp³-hybridized carbons (Fsp3) is 0.368. The third kappa shape index (κ3) is 10.2. The van der Waals surface area contributed by atoms with Crippen molar-refractivity contribution >= 4 is 35.6 Å². The Morgan fingerprint density at radius 1 is 0.769 bits per heavy atom. The zero-order valence-corrected chi connectivity index (χ0v) is 28.9. The van der Waals surface area contributed by atoms with Gasteiger partial charge in [-0.3, -0.25) is 19.2 Å². The van der Waals surface area contributed by atoms with Crippen molar-refractivity contribution in [3.8, 4) is 23.0 Å². The van der Waals surface area contributed by atoms with Crippen LogP contribution in [0.5, 0.6) is 23.0 Å². The van der Waals surface area contributed by atoms with E-state index >= 15 is 0 Å². The number of hydrogen-bond acceptors (Lipinski definition) is 12. The summed E-state index contributed by atoms with van der Waals surface area (Å²) in [4.78, 5) is 78.2. The highest BCUT2D eigenvalue weighted by molar-refractivity contribution is 6.19. The summed E-state index contributed by atoms with van der Waals surface area (Å²) in [6.45, 7) is 4.32. The van der Waals surface area contributed by atoms with Gasteiger partial charge in [-0.15, -0.1) is 0 Å². The van der Waals surface area contributed by atoms with E-state index in [1.165, 1.54) is 36.4 Å². The molecule has 0 bridgehead atoms. The van der Waals surface area contributed by atoms with Crippen molar-refractivity contribution in [1.82, 2.24) is 10.6 Å². The summed E-state index contributed by atoms with van der Waals surface area (Å²) in [7, 11) is 0. The molecule has 276 valence electrons. The van der Waals surface area contributed by atoms with Gasteiger partial charge in [-0.2, -0.15) is 0 Å². The average molecular weight is 719 g/mol. The minimum atomic E-state index is -1.53. The SMILES string of the molecule is CCCCCC(=O)Oc1cc(C(=O)O[C@@H]2CNC[C@H]2NC(=O)c2ccc(O)cc2)cc(O)c1C(=O)c1c(OC(=O)CCCCC)cccc1C(=O)O. The van der Waals surface area contributed by atoms with Gasteiger partial charge < -0.3 is 40.2 Å². The Morgan fingerprint density at radius 3 is 2.02 bits per heavy atom.